The van der Waals surface area contributed by atoms with E-state index in [9.17, 15) is 18.0 Å². The van der Waals surface area contributed by atoms with Crippen LogP contribution < -0.4 is 14.9 Å². The number of carbonyl (C=O) groups excluding carboxylic acids is 2. The van der Waals surface area contributed by atoms with Gasteiger partial charge in [-0.25, -0.2) is 8.42 Å². The zero-order valence-electron chi connectivity index (χ0n) is 14.2. The fourth-order valence-corrected chi connectivity index (χ4v) is 3.85. The predicted octanol–water partition coefficient (Wildman–Crippen LogP) is 2.57. The van der Waals surface area contributed by atoms with Gasteiger partial charge in [-0.3, -0.25) is 14.3 Å². The van der Waals surface area contributed by atoms with E-state index in [-0.39, 0.29) is 16.7 Å². The first-order chi connectivity index (χ1) is 12.3. The molecule has 0 saturated carbocycles. The lowest BCUT2D eigenvalue weighted by Crippen LogP contribution is -2.23. The molecule has 0 aliphatic carbocycles. The maximum absolute atomic E-state index is 12.6. The Balaban J connectivity index is 1.78. The van der Waals surface area contributed by atoms with Gasteiger partial charge >= 0.3 is 0 Å². The van der Waals surface area contributed by atoms with Crippen molar-refractivity contribution in [1.29, 1.82) is 0 Å². The van der Waals surface area contributed by atoms with Gasteiger partial charge in [0.25, 0.3) is 10.0 Å². The Morgan fingerprint density at radius 3 is 2.38 bits per heavy atom. The molecule has 8 heteroatoms. The van der Waals surface area contributed by atoms with Crippen LogP contribution in [-0.2, 0) is 19.6 Å². The molecule has 2 aromatic rings. The molecule has 1 fully saturated rings. The van der Waals surface area contributed by atoms with E-state index in [1.54, 1.807) is 35.2 Å². The first-order valence-corrected chi connectivity index (χ1v) is 9.64. The molecular formula is C18H19N3O4S. The molecule has 0 bridgehead atoms. The Morgan fingerprint density at radius 2 is 1.77 bits per heavy atom. The maximum Gasteiger partial charge on any atom is 0.261 e. The van der Waals surface area contributed by atoms with E-state index in [1.807, 2.05) is 0 Å². The first-order valence-electron chi connectivity index (χ1n) is 8.16. The lowest BCUT2D eigenvalue weighted by atomic mass is 10.3. The second kappa shape index (κ2) is 7.17. The van der Waals surface area contributed by atoms with E-state index >= 15 is 0 Å². The van der Waals surface area contributed by atoms with Gasteiger partial charge in [0.1, 0.15) is 0 Å². The maximum atomic E-state index is 12.6. The minimum Gasteiger partial charge on any atom is -0.326 e. The molecule has 2 amide bonds. The molecule has 0 atom stereocenters. The number of amides is 2. The highest BCUT2D eigenvalue weighted by Crippen LogP contribution is 2.24. The molecule has 2 N–H and O–H groups in total. The highest BCUT2D eigenvalue weighted by atomic mass is 32.2. The fourth-order valence-electron chi connectivity index (χ4n) is 2.80. The Labute approximate surface area is 152 Å². The van der Waals surface area contributed by atoms with E-state index in [0.717, 1.165) is 6.42 Å². The molecule has 0 radical (unpaired) electrons. The van der Waals surface area contributed by atoms with Crippen LogP contribution in [-0.4, -0.2) is 26.8 Å². The molecule has 1 heterocycles. The van der Waals surface area contributed by atoms with Crippen LogP contribution in [0.3, 0.4) is 0 Å². The van der Waals surface area contributed by atoms with Crippen LogP contribution >= 0.6 is 0 Å². The van der Waals surface area contributed by atoms with Gasteiger partial charge in [-0.1, -0.05) is 6.07 Å². The van der Waals surface area contributed by atoms with Crippen molar-refractivity contribution in [2.75, 3.05) is 21.5 Å². The quantitative estimate of drug-likeness (QED) is 0.842. The molecule has 26 heavy (non-hydrogen) atoms. The van der Waals surface area contributed by atoms with Crippen molar-refractivity contribution in [2.24, 2.45) is 0 Å². The van der Waals surface area contributed by atoms with Gasteiger partial charge in [-0.05, 0) is 48.9 Å². The van der Waals surface area contributed by atoms with Crippen LogP contribution in [0.25, 0.3) is 0 Å². The number of rotatable bonds is 5. The van der Waals surface area contributed by atoms with Gasteiger partial charge in [0, 0.05) is 31.3 Å². The molecule has 7 nitrogen and oxygen atoms in total. The number of nitrogens with zero attached hydrogens (tertiary/aromatic N) is 1. The Kier molecular flexibility index (Phi) is 4.94. The van der Waals surface area contributed by atoms with Crippen molar-refractivity contribution in [2.45, 2.75) is 24.7 Å². The van der Waals surface area contributed by atoms with Gasteiger partial charge in [0.2, 0.25) is 11.8 Å². The number of hydrogen-bond donors (Lipinski definition) is 2. The minimum absolute atomic E-state index is 0.0496. The van der Waals surface area contributed by atoms with Crippen LogP contribution in [0.1, 0.15) is 19.8 Å². The average Bonchev–Trinajstić information content (AvgIpc) is 3.00. The van der Waals surface area contributed by atoms with Crippen molar-refractivity contribution < 1.29 is 18.0 Å². The zero-order valence-corrected chi connectivity index (χ0v) is 15.0. The summed E-state index contributed by atoms with van der Waals surface area (Å²) in [6, 6.07) is 12.7. The number of carbonyl (C=O) groups is 2. The highest BCUT2D eigenvalue weighted by molar-refractivity contribution is 7.92. The van der Waals surface area contributed by atoms with Gasteiger partial charge in [0.05, 0.1) is 10.6 Å². The summed E-state index contributed by atoms with van der Waals surface area (Å²) in [6.07, 6.45) is 1.33. The lowest BCUT2D eigenvalue weighted by Gasteiger charge is -2.16. The first kappa shape index (κ1) is 17.9. The van der Waals surface area contributed by atoms with E-state index in [4.69, 9.17) is 0 Å². The Bertz CT molecular complexity index is 939. The van der Waals surface area contributed by atoms with Crippen molar-refractivity contribution in [1.82, 2.24) is 0 Å². The third-order valence-electron chi connectivity index (χ3n) is 3.97. The summed E-state index contributed by atoms with van der Waals surface area (Å²) in [7, 11) is -3.78. The van der Waals surface area contributed by atoms with Crippen molar-refractivity contribution in [3.05, 3.63) is 48.5 Å². The molecule has 1 aliphatic rings. The van der Waals surface area contributed by atoms with Gasteiger partial charge in [-0.2, -0.15) is 0 Å². The molecular weight excluding hydrogens is 354 g/mol. The summed E-state index contributed by atoms with van der Waals surface area (Å²) in [6.45, 7) is 2.03. The van der Waals surface area contributed by atoms with Crippen LogP contribution in [0.4, 0.5) is 17.1 Å². The van der Waals surface area contributed by atoms with E-state index in [2.05, 4.69) is 10.0 Å². The van der Waals surface area contributed by atoms with Crippen LogP contribution in [0.5, 0.6) is 0 Å². The van der Waals surface area contributed by atoms with E-state index in [1.165, 1.54) is 25.1 Å². The second-order valence-corrected chi connectivity index (χ2v) is 7.69. The number of benzene rings is 2. The number of anilines is 3. The molecule has 0 aromatic heterocycles. The average molecular weight is 373 g/mol. The van der Waals surface area contributed by atoms with Gasteiger partial charge < -0.3 is 10.2 Å². The van der Waals surface area contributed by atoms with Crippen molar-refractivity contribution in [3.63, 3.8) is 0 Å². The van der Waals surface area contributed by atoms with Crippen molar-refractivity contribution >= 4 is 38.9 Å². The summed E-state index contributed by atoms with van der Waals surface area (Å²) >= 11 is 0. The zero-order chi connectivity index (χ0) is 18.7. The molecule has 0 unspecified atom stereocenters. The summed E-state index contributed by atoms with van der Waals surface area (Å²) < 4.78 is 27.6. The monoisotopic (exact) mass is 373 g/mol. The third kappa shape index (κ3) is 4.02. The van der Waals surface area contributed by atoms with Crippen LogP contribution in [0.2, 0.25) is 0 Å². The normalized spacial score (nSPS) is 14.3. The topological polar surface area (TPSA) is 95.6 Å². The predicted molar refractivity (Wildman–Crippen MR) is 99.6 cm³/mol. The van der Waals surface area contributed by atoms with Crippen molar-refractivity contribution in [3.8, 4) is 0 Å². The Morgan fingerprint density at radius 1 is 1.08 bits per heavy atom. The van der Waals surface area contributed by atoms with E-state index < -0.39 is 10.0 Å². The number of nitrogens with one attached hydrogen (secondary N) is 2. The largest absolute Gasteiger partial charge is 0.326 e. The standard InChI is InChI=1S/C18H19N3O4S/c1-13(22)19-14-4-2-5-15(12-14)20-26(24,25)17-9-7-16(8-10-17)21-11-3-6-18(21)23/h2,4-5,7-10,12,20H,3,6,11H2,1H3,(H,19,22). The lowest BCUT2D eigenvalue weighted by molar-refractivity contribution is -0.117. The number of hydrogen-bond acceptors (Lipinski definition) is 4. The molecule has 0 spiro atoms. The smallest absolute Gasteiger partial charge is 0.261 e. The molecule has 2 aromatic carbocycles. The fraction of sp³-hybridized carbons (Fsp3) is 0.222. The summed E-state index contributed by atoms with van der Waals surface area (Å²) in [5.74, 6) is -0.189. The summed E-state index contributed by atoms with van der Waals surface area (Å²) in [5.41, 5.74) is 1.54. The second-order valence-electron chi connectivity index (χ2n) is 6.01. The highest BCUT2D eigenvalue weighted by Gasteiger charge is 2.22. The van der Waals surface area contributed by atoms with Gasteiger partial charge in [0.15, 0.2) is 0 Å². The van der Waals surface area contributed by atoms with E-state index in [0.29, 0.717) is 30.0 Å². The summed E-state index contributed by atoms with van der Waals surface area (Å²) in [5, 5.41) is 2.60. The molecule has 136 valence electrons. The summed E-state index contributed by atoms with van der Waals surface area (Å²) in [4.78, 5) is 24.6. The minimum atomic E-state index is -3.78. The molecule has 1 saturated heterocycles. The van der Waals surface area contributed by atoms with Crippen LogP contribution in [0.15, 0.2) is 53.4 Å². The molecule has 3 rings (SSSR count). The van der Waals surface area contributed by atoms with Crippen LogP contribution in [0, 0.1) is 0 Å². The SMILES string of the molecule is CC(=O)Nc1cccc(NS(=O)(=O)c2ccc(N3CCCC3=O)cc2)c1. The Hall–Kier alpha value is -2.87. The third-order valence-corrected chi connectivity index (χ3v) is 5.36. The molecule has 1 aliphatic heterocycles. The van der Waals surface area contributed by atoms with Gasteiger partial charge in [-0.15, -0.1) is 0 Å². The number of sulfonamides is 1.